The second-order valence-electron chi connectivity index (χ2n) is 8.90. The molecule has 2 aliphatic heterocycles. The van der Waals surface area contributed by atoms with Crippen LogP contribution in [0.25, 0.3) is 11.3 Å². The van der Waals surface area contributed by atoms with Crippen LogP contribution in [0.15, 0.2) is 48.8 Å². The van der Waals surface area contributed by atoms with Gasteiger partial charge in [-0.15, -0.1) is 0 Å². The van der Waals surface area contributed by atoms with Gasteiger partial charge in [0.05, 0.1) is 24.4 Å². The van der Waals surface area contributed by atoms with Crippen LogP contribution in [-0.4, -0.2) is 60.4 Å². The number of anilines is 4. The molecule has 4 heterocycles. The molecule has 2 aliphatic rings. The quantitative estimate of drug-likeness (QED) is 0.518. The zero-order valence-corrected chi connectivity index (χ0v) is 20.1. The number of rotatable bonds is 4. The highest BCUT2D eigenvalue weighted by Crippen LogP contribution is 2.37. The van der Waals surface area contributed by atoms with Crippen molar-refractivity contribution in [1.82, 2.24) is 15.0 Å². The summed E-state index contributed by atoms with van der Waals surface area (Å²) >= 11 is 0. The van der Waals surface area contributed by atoms with Gasteiger partial charge >= 0.3 is 12.2 Å². The smallest absolute Gasteiger partial charge is 0.393 e. The van der Waals surface area contributed by atoms with E-state index in [0.29, 0.717) is 60.6 Å². The minimum atomic E-state index is -4.20. The molecule has 2 N–H and O–H groups in total. The molecule has 1 saturated heterocycles. The number of hydrogen-bond acceptors (Lipinski definition) is 7. The normalized spacial score (nSPS) is 17.6. The van der Waals surface area contributed by atoms with E-state index in [9.17, 15) is 18.0 Å². The summed E-state index contributed by atoms with van der Waals surface area (Å²) in [5, 5.41) is 6.07. The van der Waals surface area contributed by atoms with Gasteiger partial charge in [-0.05, 0) is 37.1 Å². The van der Waals surface area contributed by atoms with Crippen LogP contribution in [-0.2, 0) is 0 Å². The van der Waals surface area contributed by atoms with E-state index in [1.165, 1.54) is 19.5 Å². The average Bonchev–Trinajstić information content (AvgIpc) is 3.31. The minimum Gasteiger partial charge on any atom is -0.481 e. The van der Waals surface area contributed by atoms with Crippen LogP contribution < -0.4 is 25.2 Å². The van der Waals surface area contributed by atoms with Gasteiger partial charge in [-0.3, -0.25) is 10.2 Å². The first kappa shape index (κ1) is 24.6. The van der Waals surface area contributed by atoms with E-state index in [2.05, 4.69) is 20.6 Å². The molecule has 0 spiro atoms. The standard InChI is InChI=1S/C25H26F3N7O2/c1-37-22-13-21(30-15-31-22)33-24(36)35-10-3-9-29-20-7-6-19(32-23(20)35)16-4-2-5-18(12-16)34-11-8-17(14-34)25(26,27)28/h2,4-7,12-13,15,17,29H,3,8-11,14H2,1H3,(H,30,31,33,36). The third-order valence-corrected chi connectivity index (χ3v) is 6.49. The SMILES string of the molecule is COc1cc(NC(=O)N2CCCNc3ccc(-c4cccc(N5CCC(C(F)(F)F)C5)c4)nc32)ncn1. The monoisotopic (exact) mass is 513 g/mol. The van der Waals surface area contributed by atoms with E-state index in [4.69, 9.17) is 9.72 Å². The Balaban J connectivity index is 1.41. The molecule has 1 aromatic carbocycles. The van der Waals surface area contributed by atoms with Crippen LogP contribution >= 0.6 is 0 Å². The lowest BCUT2D eigenvalue weighted by Crippen LogP contribution is -2.36. The van der Waals surface area contributed by atoms with Gasteiger partial charge in [0.15, 0.2) is 5.82 Å². The molecule has 5 rings (SSSR count). The number of carbonyl (C=O) groups is 1. The summed E-state index contributed by atoms with van der Waals surface area (Å²) in [5.74, 6) is -0.252. The van der Waals surface area contributed by atoms with Crippen molar-refractivity contribution in [1.29, 1.82) is 0 Å². The Bertz CT molecular complexity index is 1290. The van der Waals surface area contributed by atoms with E-state index in [0.717, 1.165) is 5.56 Å². The molecule has 2 aromatic heterocycles. The maximum absolute atomic E-state index is 13.2. The van der Waals surface area contributed by atoms with Crippen molar-refractivity contribution in [2.45, 2.75) is 19.0 Å². The molecule has 0 bridgehead atoms. The number of urea groups is 1. The van der Waals surface area contributed by atoms with E-state index in [1.807, 2.05) is 36.4 Å². The first-order valence-corrected chi connectivity index (χ1v) is 11.9. The Morgan fingerprint density at radius 1 is 1.16 bits per heavy atom. The predicted molar refractivity (Wildman–Crippen MR) is 134 cm³/mol. The van der Waals surface area contributed by atoms with Gasteiger partial charge in [-0.1, -0.05) is 12.1 Å². The van der Waals surface area contributed by atoms with Crippen LogP contribution in [0.1, 0.15) is 12.8 Å². The molecule has 0 saturated carbocycles. The number of fused-ring (bicyclic) bond motifs is 1. The molecule has 12 heteroatoms. The molecule has 0 radical (unpaired) electrons. The maximum atomic E-state index is 13.2. The van der Waals surface area contributed by atoms with Gasteiger partial charge in [-0.25, -0.2) is 19.7 Å². The molecule has 3 aromatic rings. The number of nitrogens with one attached hydrogen (secondary N) is 2. The fourth-order valence-electron chi connectivity index (χ4n) is 4.54. The molecule has 9 nitrogen and oxygen atoms in total. The lowest BCUT2D eigenvalue weighted by molar-refractivity contribution is -0.168. The number of hydrogen-bond donors (Lipinski definition) is 2. The molecular weight excluding hydrogens is 487 g/mol. The topological polar surface area (TPSA) is 95.5 Å². The number of ether oxygens (including phenoxy) is 1. The van der Waals surface area contributed by atoms with Gasteiger partial charge in [0, 0.05) is 43.5 Å². The minimum absolute atomic E-state index is 0.0593. The number of methoxy groups -OCH3 is 1. The Morgan fingerprint density at radius 2 is 2.03 bits per heavy atom. The number of benzene rings is 1. The number of carbonyl (C=O) groups excluding carboxylic acids is 1. The predicted octanol–water partition coefficient (Wildman–Crippen LogP) is 4.79. The summed E-state index contributed by atoms with van der Waals surface area (Å²) in [6, 6.07) is 12.1. The van der Waals surface area contributed by atoms with Gasteiger partial charge in [0.25, 0.3) is 0 Å². The molecule has 1 atom stereocenters. The van der Waals surface area contributed by atoms with Crippen LogP contribution in [0, 0.1) is 5.92 Å². The fraction of sp³-hybridized carbons (Fsp3) is 0.360. The van der Waals surface area contributed by atoms with Crippen LogP contribution in [0.2, 0.25) is 0 Å². The maximum Gasteiger partial charge on any atom is 0.393 e. The highest BCUT2D eigenvalue weighted by atomic mass is 19.4. The number of alkyl halides is 3. The van der Waals surface area contributed by atoms with Crippen LogP contribution in [0.5, 0.6) is 5.88 Å². The summed E-state index contributed by atoms with van der Waals surface area (Å²) in [7, 11) is 1.48. The van der Waals surface area contributed by atoms with Crippen molar-refractivity contribution in [3.63, 3.8) is 0 Å². The molecule has 194 valence electrons. The largest absolute Gasteiger partial charge is 0.481 e. The molecule has 37 heavy (non-hydrogen) atoms. The Labute approximate surface area is 211 Å². The fourth-order valence-corrected chi connectivity index (χ4v) is 4.54. The number of aromatic nitrogens is 3. The first-order chi connectivity index (χ1) is 17.8. The molecule has 1 fully saturated rings. The van der Waals surface area contributed by atoms with Crippen LogP contribution in [0.3, 0.4) is 0 Å². The Hall–Kier alpha value is -4.09. The first-order valence-electron chi connectivity index (χ1n) is 11.9. The van der Waals surface area contributed by atoms with E-state index in [1.54, 1.807) is 9.80 Å². The van der Waals surface area contributed by atoms with Crippen molar-refractivity contribution in [2.75, 3.05) is 53.7 Å². The summed E-state index contributed by atoms with van der Waals surface area (Å²) < 4.78 is 44.6. The lowest BCUT2D eigenvalue weighted by atomic mass is 10.1. The third kappa shape index (κ3) is 5.37. The highest BCUT2D eigenvalue weighted by Gasteiger charge is 2.43. The van der Waals surface area contributed by atoms with Gasteiger partial charge < -0.3 is 15.0 Å². The zero-order chi connectivity index (χ0) is 26.0. The van der Waals surface area contributed by atoms with E-state index >= 15 is 0 Å². The summed E-state index contributed by atoms with van der Waals surface area (Å²) in [6.45, 7) is 1.38. The average molecular weight is 514 g/mol. The van der Waals surface area contributed by atoms with E-state index < -0.39 is 18.1 Å². The second kappa shape index (κ2) is 10.1. The highest BCUT2D eigenvalue weighted by molar-refractivity contribution is 6.03. The van der Waals surface area contributed by atoms with Crippen molar-refractivity contribution in [2.24, 2.45) is 5.92 Å². The number of pyridine rings is 1. The van der Waals surface area contributed by atoms with Crippen molar-refractivity contribution < 1.29 is 22.7 Å². The van der Waals surface area contributed by atoms with E-state index in [-0.39, 0.29) is 13.0 Å². The third-order valence-electron chi connectivity index (χ3n) is 6.49. The second-order valence-corrected chi connectivity index (χ2v) is 8.90. The molecule has 1 unspecified atom stereocenters. The van der Waals surface area contributed by atoms with Gasteiger partial charge in [-0.2, -0.15) is 13.2 Å². The number of nitrogens with zero attached hydrogens (tertiary/aromatic N) is 5. The number of halogens is 3. The number of amides is 2. The Kier molecular flexibility index (Phi) is 6.72. The molecule has 0 aliphatic carbocycles. The summed E-state index contributed by atoms with van der Waals surface area (Å²) in [6.07, 6.45) is -2.11. The molecular formula is C25H26F3N7O2. The van der Waals surface area contributed by atoms with Gasteiger partial charge in [0.2, 0.25) is 5.88 Å². The zero-order valence-electron chi connectivity index (χ0n) is 20.1. The lowest BCUT2D eigenvalue weighted by Gasteiger charge is -2.23. The Morgan fingerprint density at radius 3 is 2.81 bits per heavy atom. The van der Waals surface area contributed by atoms with Gasteiger partial charge in [0.1, 0.15) is 12.1 Å². The summed E-state index contributed by atoms with van der Waals surface area (Å²) in [4.78, 5) is 29.3. The van der Waals surface area contributed by atoms with Crippen LogP contribution in [0.4, 0.5) is 41.0 Å². The summed E-state index contributed by atoms with van der Waals surface area (Å²) in [5.41, 5.74) is 2.78. The van der Waals surface area contributed by atoms with Crippen molar-refractivity contribution in [3.8, 4) is 17.1 Å². The molecule has 2 amide bonds. The van der Waals surface area contributed by atoms with Crippen molar-refractivity contribution in [3.05, 3.63) is 48.8 Å². The van der Waals surface area contributed by atoms with Crippen molar-refractivity contribution >= 4 is 29.0 Å².